The summed E-state index contributed by atoms with van der Waals surface area (Å²) >= 11 is 0. The molecule has 32 heavy (non-hydrogen) atoms. The van der Waals surface area contributed by atoms with Gasteiger partial charge in [-0.2, -0.15) is 4.80 Å². The number of carbonyl (C=O) groups is 3. The number of nitrogens with one attached hydrogen (secondary N) is 1. The summed E-state index contributed by atoms with van der Waals surface area (Å²) in [4.78, 5) is 47.1. The zero-order valence-electron chi connectivity index (χ0n) is 18.2. The third kappa shape index (κ3) is 4.46. The van der Waals surface area contributed by atoms with E-state index in [1.165, 1.54) is 20.9 Å². The van der Waals surface area contributed by atoms with E-state index < -0.39 is 35.7 Å². The number of ether oxygens (including phenoxy) is 1. The van der Waals surface area contributed by atoms with Crippen LogP contribution >= 0.6 is 0 Å². The third-order valence-electron chi connectivity index (χ3n) is 5.81. The van der Waals surface area contributed by atoms with E-state index in [4.69, 9.17) is 9.57 Å². The van der Waals surface area contributed by atoms with Crippen LogP contribution in [0.4, 0.5) is 9.59 Å². The van der Waals surface area contributed by atoms with Crippen LogP contribution in [-0.2, 0) is 14.4 Å². The molecule has 4 amide bonds. The fourth-order valence-electron chi connectivity index (χ4n) is 4.30. The molecule has 3 saturated heterocycles. The van der Waals surface area contributed by atoms with Gasteiger partial charge in [-0.25, -0.2) is 20.1 Å². The van der Waals surface area contributed by atoms with Crippen molar-refractivity contribution >= 4 is 18.0 Å². The van der Waals surface area contributed by atoms with Gasteiger partial charge in [0.1, 0.15) is 11.6 Å². The molecule has 3 aliphatic heterocycles. The van der Waals surface area contributed by atoms with Gasteiger partial charge in [-0.1, -0.05) is 0 Å². The van der Waals surface area contributed by atoms with Gasteiger partial charge in [-0.15, -0.1) is 10.2 Å². The van der Waals surface area contributed by atoms with Gasteiger partial charge in [-0.3, -0.25) is 14.8 Å². The lowest BCUT2D eigenvalue weighted by molar-refractivity contribution is -0.140. The molecular weight excluding hydrogens is 424 g/mol. The van der Waals surface area contributed by atoms with Crippen LogP contribution < -0.4 is 5.48 Å². The summed E-state index contributed by atoms with van der Waals surface area (Å²) in [6.45, 7) is 5.98. The first-order valence-corrected chi connectivity index (χ1v) is 10.6. The number of hydrogen-bond acceptors (Lipinski definition) is 9. The minimum absolute atomic E-state index is 0.0194. The Morgan fingerprint density at radius 2 is 2.03 bits per heavy atom. The Morgan fingerprint density at radius 1 is 1.25 bits per heavy atom. The van der Waals surface area contributed by atoms with Crippen LogP contribution in [-0.4, -0.2) is 102 Å². The van der Waals surface area contributed by atoms with Gasteiger partial charge in [0, 0.05) is 13.1 Å². The summed E-state index contributed by atoms with van der Waals surface area (Å²) in [6.07, 6.45) is 2.27. The fraction of sp³-hybridized carbons (Fsp3) is 0.778. The number of rotatable bonds is 5. The number of urea groups is 1. The molecule has 3 fully saturated rings. The van der Waals surface area contributed by atoms with Crippen molar-refractivity contribution in [3.8, 4) is 0 Å². The van der Waals surface area contributed by atoms with Gasteiger partial charge in [0.2, 0.25) is 0 Å². The van der Waals surface area contributed by atoms with Crippen LogP contribution in [0.3, 0.4) is 0 Å². The molecule has 2 unspecified atom stereocenters. The number of hydrogen-bond donors (Lipinski definition) is 2. The van der Waals surface area contributed by atoms with Crippen molar-refractivity contribution < 1.29 is 29.2 Å². The van der Waals surface area contributed by atoms with Crippen molar-refractivity contribution in [3.63, 3.8) is 0 Å². The summed E-state index contributed by atoms with van der Waals surface area (Å²) in [5, 5.41) is 22.1. The van der Waals surface area contributed by atoms with Crippen LogP contribution in [0, 0.1) is 0 Å². The minimum atomic E-state index is -0.714. The molecule has 1 aromatic rings. The highest BCUT2D eigenvalue weighted by Crippen LogP contribution is 2.29. The Kier molecular flexibility index (Phi) is 5.90. The van der Waals surface area contributed by atoms with E-state index in [0.29, 0.717) is 37.4 Å². The minimum Gasteiger partial charge on any atom is -0.444 e. The van der Waals surface area contributed by atoms with E-state index in [2.05, 4.69) is 20.9 Å². The molecule has 0 radical (unpaired) electrons. The SMILES string of the molecule is CC(C)(C)OC(=O)N1C[C@@H](n2ncnn2)C[C@H]1CONC(=O)C1CCC2CN1C(=O)N2O. The quantitative estimate of drug-likeness (QED) is 0.461. The maximum absolute atomic E-state index is 12.7. The number of aromatic nitrogens is 4. The second kappa shape index (κ2) is 8.50. The average molecular weight is 452 g/mol. The smallest absolute Gasteiger partial charge is 0.410 e. The molecule has 14 heteroatoms. The highest BCUT2D eigenvalue weighted by Gasteiger charge is 2.47. The molecule has 0 aliphatic carbocycles. The number of fused-ring (bicyclic) bond motifs is 2. The van der Waals surface area contributed by atoms with Crippen LogP contribution in [0.15, 0.2) is 6.33 Å². The monoisotopic (exact) mass is 452 g/mol. The summed E-state index contributed by atoms with van der Waals surface area (Å²) in [5.41, 5.74) is 1.73. The number of tetrazole rings is 1. The molecule has 2 bridgehead atoms. The Morgan fingerprint density at radius 3 is 2.72 bits per heavy atom. The lowest BCUT2D eigenvalue weighted by atomic mass is 10.0. The predicted octanol–water partition coefficient (Wildman–Crippen LogP) is -0.0708. The second-order valence-electron chi connectivity index (χ2n) is 9.24. The average Bonchev–Trinajstić information content (AvgIpc) is 3.44. The Labute approximate surface area is 184 Å². The van der Waals surface area contributed by atoms with Gasteiger partial charge in [0.25, 0.3) is 5.91 Å². The van der Waals surface area contributed by atoms with E-state index in [0.717, 1.165) is 0 Å². The second-order valence-corrected chi connectivity index (χ2v) is 9.24. The number of likely N-dealkylation sites (tertiary alicyclic amines) is 1. The number of nitrogens with zero attached hydrogens (tertiary/aromatic N) is 7. The first-order chi connectivity index (χ1) is 15.1. The fourth-order valence-corrected chi connectivity index (χ4v) is 4.30. The van der Waals surface area contributed by atoms with Crippen molar-refractivity contribution in [1.82, 2.24) is 40.6 Å². The first-order valence-electron chi connectivity index (χ1n) is 10.6. The molecule has 0 spiro atoms. The van der Waals surface area contributed by atoms with Crippen molar-refractivity contribution in [3.05, 3.63) is 6.33 Å². The van der Waals surface area contributed by atoms with E-state index in [9.17, 15) is 19.6 Å². The summed E-state index contributed by atoms with van der Waals surface area (Å²) in [5.74, 6) is -0.469. The van der Waals surface area contributed by atoms with E-state index in [1.807, 2.05) is 0 Å². The largest absolute Gasteiger partial charge is 0.444 e. The van der Waals surface area contributed by atoms with Crippen molar-refractivity contribution in [2.75, 3.05) is 19.7 Å². The zero-order chi connectivity index (χ0) is 23.0. The highest BCUT2D eigenvalue weighted by atomic mass is 16.7. The molecule has 3 aliphatic rings. The standard InChI is InChI=1S/C18H28N8O6/c1-18(2,3)32-17(29)23-8-12(26-20-10-19-22-26)6-13(23)9-31-21-15(27)14-5-4-11-7-24(14)16(28)25(11)30/h10-14,30H,4-9H2,1-3H3,(H,21,27)/t11?,12-,13-,14?/m0/s1. The molecule has 4 atom stereocenters. The number of piperidine rings is 1. The number of hydroxylamine groups is 3. The summed E-state index contributed by atoms with van der Waals surface area (Å²) in [6, 6.07) is -2.17. The van der Waals surface area contributed by atoms with Gasteiger partial charge in [-0.05, 0) is 45.2 Å². The molecule has 0 saturated carbocycles. The number of carbonyl (C=O) groups excluding carboxylic acids is 3. The highest BCUT2D eigenvalue weighted by molar-refractivity contribution is 5.87. The molecule has 4 heterocycles. The van der Waals surface area contributed by atoms with Crippen LogP contribution in [0.1, 0.15) is 46.1 Å². The molecule has 4 rings (SSSR count). The van der Waals surface area contributed by atoms with Crippen LogP contribution in [0.2, 0.25) is 0 Å². The van der Waals surface area contributed by atoms with Gasteiger partial charge >= 0.3 is 12.1 Å². The van der Waals surface area contributed by atoms with Crippen LogP contribution in [0.25, 0.3) is 0 Å². The topological polar surface area (TPSA) is 155 Å². The summed E-state index contributed by atoms with van der Waals surface area (Å²) in [7, 11) is 0. The lowest BCUT2D eigenvalue weighted by Gasteiger charge is -2.30. The predicted molar refractivity (Wildman–Crippen MR) is 105 cm³/mol. The van der Waals surface area contributed by atoms with Gasteiger partial charge in [0.05, 0.1) is 24.7 Å². The molecule has 1 aromatic heterocycles. The first kappa shape index (κ1) is 22.2. The van der Waals surface area contributed by atoms with E-state index in [1.54, 1.807) is 20.8 Å². The van der Waals surface area contributed by atoms with Gasteiger partial charge in [0.15, 0.2) is 6.33 Å². The maximum Gasteiger partial charge on any atom is 0.410 e. The van der Waals surface area contributed by atoms with Crippen molar-refractivity contribution in [2.24, 2.45) is 0 Å². The normalized spacial score (nSPS) is 27.8. The van der Waals surface area contributed by atoms with Gasteiger partial charge < -0.3 is 14.5 Å². The van der Waals surface area contributed by atoms with E-state index in [-0.39, 0.29) is 18.7 Å². The number of amides is 4. The maximum atomic E-state index is 12.7. The van der Waals surface area contributed by atoms with Crippen LogP contribution in [0.5, 0.6) is 0 Å². The van der Waals surface area contributed by atoms with Crippen molar-refractivity contribution in [2.45, 2.75) is 69.8 Å². The third-order valence-corrected chi connectivity index (χ3v) is 5.81. The Bertz CT molecular complexity index is 858. The molecule has 2 N–H and O–H groups in total. The summed E-state index contributed by atoms with van der Waals surface area (Å²) < 4.78 is 5.50. The molecule has 0 aromatic carbocycles. The lowest BCUT2D eigenvalue weighted by Crippen LogP contribution is -2.50. The Balaban J connectivity index is 1.35. The molecular formula is C18H28N8O6. The molecule has 176 valence electrons. The van der Waals surface area contributed by atoms with E-state index >= 15 is 0 Å². The van der Waals surface area contributed by atoms with Crippen molar-refractivity contribution in [1.29, 1.82) is 0 Å². The zero-order valence-corrected chi connectivity index (χ0v) is 18.2. The Hall–Kier alpha value is -3.00. The molecule has 14 nitrogen and oxygen atoms in total.